The lowest BCUT2D eigenvalue weighted by molar-refractivity contribution is -0.188. The summed E-state index contributed by atoms with van der Waals surface area (Å²) in [5.74, 6) is 1.69. The van der Waals surface area contributed by atoms with Gasteiger partial charge in [0.25, 0.3) is 0 Å². The smallest absolute Gasteiger partial charge is 0.302 e. The number of rotatable bonds is 1. The fourth-order valence-corrected chi connectivity index (χ4v) is 11.6. The maximum absolute atomic E-state index is 11.8. The molecule has 8 unspecified atom stereocenters. The monoisotopic (exact) mass is 486 g/mol. The SMILES string of the molecule is CC(=O)OC1CCC2(C)C(CCC3(C)C2CC=C2C4(S)CC(C)(C)CCC4(C)CC[C@]23C)C1C. The number of esters is 1. The molecule has 0 radical (unpaired) electrons. The van der Waals surface area contributed by atoms with Crippen LogP contribution in [0.4, 0.5) is 0 Å². The van der Waals surface area contributed by atoms with Crippen LogP contribution in [0, 0.1) is 44.8 Å². The molecule has 3 heteroatoms. The standard InChI is InChI=1S/C31H50O2S/c1-20-22-11-14-29(7)24(28(22,6)13-12-23(20)33-21(2)32)9-10-25-30(29,8)18-17-27(5)16-15-26(3,4)19-31(25,27)34/h10,20,22-24,34H,9,11-19H2,1-8H3/t20?,22?,23?,24?,27?,28?,29?,30-,31?/m1/s1. The van der Waals surface area contributed by atoms with Gasteiger partial charge in [-0.25, -0.2) is 0 Å². The average Bonchev–Trinajstić information content (AvgIpc) is 2.72. The largest absolute Gasteiger partial charge is 0.462 e. The van der Waals surface area contributed by atoms with Gasteiger partial charge in [-0.2, -0.15) is 12.6 Å². The zero-order chi connectivity index (χ0) is 24.9. The first-order chi connectivity index (χ1) is 15.6. The zero-order valence-corrected chi connectivity index (χ0v) is 24.1. The molecule has 5 aliphatic carbocycles. The van der Waals surface area contributed by atoms with Gasteiger partial charge in [0.15, 0.2) is 0 Å². The van der Waals surface area contributed by atoms with Crippen LogP contribution in [0.2, 0.25) is 0 Å². The van der Waals surface area contributed by atoms with Crippen molar-refractivity contribution in [3.05, 3.63) is 11.6 Å². The van der Waals surface area contributed by atoms with Gasteiger partial charge in [0.1, 0.15) is 6.10 Å². The Morgan fingerprint density at radius 1 is 0.971 bits per heavy atom. The Balaban J connectivity index is 1.54. The van der Waals surface area contributed by atoms with Gasteiger partial charge in [0.05, 0.1) is 0 Å². The van der Waals surface area contributed by atoms with Crippen LogP contribution in [0.1, 0.15) is 120 Å². The second-order valence-electron chi connectivity index (χ2n) is 15.1. The summed E-state index contributed by atoms with van der Waals surface area (Å²) in [5, 5.41) is 0. The third-order valence-electron chi connectivity index (χ3n) is 13.0. The molecule has 4 fully saturated rings. The third kappa shape index (κ3) is 3.16. The second-order valence-corrected chi connectivity index (χ2v) is 15.9. The summed E-state index contributed by atoms with van der Waals surface area (Å²) in [6.07, 6.45) is 15.3. The maximum atomic E-state index is 11.8. The van der Waals surface area contributed by atoms with Crippen LogP contribution in [-0.4, -0.2) is 16.8 Å². The van der Waals surface area contributed by atoms with E-state index in [9.17, 15) is 4.79 Å². The highest BCUT2D eigenvalue weighted by molar-refractivity contribution is 7.82. The predicted molar refractivity (Wildman–Crippen MR) is 144 cm³/mol. The summed E-state index contributed by atoms with van der Waals surface area (Å²) >= 11 is 5.70. The van der Waals surface area contributed by atoms with Crippen molar-refractivity contribution in [1.29, 1.82) is 0 Å². The highest BCUT2D eigenvalue weighted by Crippen LogP contribution is 2.76. The number of hydrogen-bond donors (Lipinski definition) is 1. The van der Waals surface area contributed by atoms with Gasteiger partial charge >= 0.3 is 5.97 Å². The maximum Gasteiger partial charge on any atom is 0.302 e. The molecule has 0 aliphatic heterocycles. The van der Waals surface area contributed by atoms with Crippen molar-refractivity contribution < 1.29 is 9.53 Å². The molecule has 0 aromatic heterocycles. The summed E-state index contributed by atoms with van der Waals surface area (Å²) in [6.45, 7) is 19.4. The molecule has 0 amide bonds. The summed E-state index contributed by atoms with van der Waals surface area (Å²) < 4.78 is 5.83. The number of thiol groups is 1. The summed E-state index contributed by atoms with van der Waals surface area (Å²) in [7, 11) is 0. The van der Waals surface area contributed by atoms with E-state index in [0.717, 1.165) is 6.42 Å². The molecule has 192 valence electrons. The molecular formula is C31H50O2S. The fraction of sp³-hybridized carbons (Fsp3) is 0.903. The Bertz CT molecular complexity index is 907. The van der Waals surface area contributed by atoms with Crippen molar-refractivity contribution in [2.75, 3.05) is 0 Å². The Morgan fingerprint density at radius 2 is 1.65 bits per heavy atom. The van der Waals surface area contributed by atoms with Gasteiger partial charge in [-0.05, 0) is 109 Å². The molecule has 5 rings (SSSR count). The van der Waals surface area contributed by atoms with E-state index in [0.29, 0.717) is 39.4 Å². The van der Waals surface area contributed by atoms with Gasteiger partial charge in [-0.1, -0.05) is 60.1 Å². The van der Waals surface area contributed by atoms with Crippen molar-refractivity contribution in [2.24, 2.45) is 44.8 Å². The van der Waals surface area contributed by atoms with E-state index >= 15 is 0 Å². The van der Waals surface area contributed by atoms with Gasteiger partial charge < -0.3 is 4.74 Å². The zero-order valence-electron chi connectivity index (χ0n) is 23.2. The molecule has 5 aliphatic rings. The minimum Gasteiger partial charge on any atom is -0.462 e. The highest BCUT2D eigenvalue weighted by Gasteiger charge is 2.69. The van der Waals surface area contributed by atoms with Crippen molar-refractivity contribution in [3.63, 3.8) is 0 Å². The Hall–Kier alpha value is -0.440. The first-order valence-electron chi connectivity index (χ1n) is 14.2. The minimum absolute atomic E-state index is 0.0216. The van der Waals surface area contributed by atoms with E-state index < -0.39 is 0 Å². The number of allylic oxidation sites excluding steroid dienone is 1. The topological polar surface area (TPSA) is 26.3 Å². The van der Waals surface area contributed by atoms with E-state index in [1.54, 1.807) is 12.5 Å². The van der Waals surface area contributed by atoms with Crippen LogP contribution < -0.4 is 0 Å². The molecule has 2 nitrogen and oxygen atoms in total. The molecular weight excluding hydrogens is 436 g/mol. The predicted octanol–water partition coefficient (Wildman–Crippen LogP) is 8.40. The number of hydrogen-bond acceptors (Lipinski definition) is 3. The van der Waals surface area contributed by atoms with E-state index in [1.807, 2.05) is 0 Å². The Kier molecular flexibility index (Phi) is 5.60. The molecule has 0 saturated heterocycles. The fourth-order valence-electron chi connectivity index (χ4n) is 10.6. The summed E-state index contributed by atoms with van der Waals surface area (Å²) in [6, 6.07) is 0. The molecule has 34 heavy (non-hydrogen) atoms. The number of ether oxygens (including phenoxy) is 1. The molecule has 0 N–H and O–H groups in total. The van der Waals surface area contributed by atoms with Crippen LogP contribution >= 0.6 is 12.6 Å². The number of carbonyl (C=O) groups excluding carboxylic acids is 1. The first-order valence-corrected chi connectivity index (χ1v) is 14.7. The lowest BCUT2D eigenvalue weighted by Gasteiger charge is -2.72. The Morgan fingerprint density at radius 3 is 2.32 bits per heavy atom. The van der Waals surface area contributed by atoms with Gasteiger partial charge in [0.2, 0.25) is 0 Å². The van der Waals surface area contributed by atoms with Crippen LogP contribution in [0.25, 0.3) is 0 Å². The van der Waals surface area contributed by atoms with E-state index in [-0.39, 0.29) is 22.2 Å². The van der Waals surface area contributed by atoms with Gasteiger partial charge in [0, 0.05) is 11.7 Å². The molecule has 4 saturated carbocycles. The van der Waals surface area contributed by atoms with E-state index in [1.165, 1.54) is 57.8 Å². The lowest BCUT2D eigenvalue weighted by Crippen LogP contribution is -2.66. The minimum atomic E-state index is -0.112. The first kappa shape index (κ1) is 25.2. The third-order valence-corrected chi connectivity index (χ3v) is 14.0. The lowest BCUT2D eigenvalue weighted by atomic mass is 9.34. The number of carbonyl (C=O) groups is 1. The van der Waals surface area contributed by atoms with Crippen LogP contribution in [0.15, 0.2) is 11.6 Å². The van der Waals surface area contributed by atoms with E-state index in [4.69, 9.17) is 17.4 Å². The van der Waals surface area contributed by atoms with Crippen molar-refractivity contribution in [3.8, 4) is 0 Å². The van der Waals surface area contributed by atoms with Crippen LogP contribution in [0.3, 0.4) is 0 Å². The molecule has 9 atom stereocenters. The van der Waals surface area contributed by atoms with Gasteiger partial charge in [-0.3, -0.25) is 4.79 Å². The molecule has 0 heterocycles. The molecule has 0 aromatic carbocycles. The van der Waals surface area contributed by atoms with Gasteiger partial charge in [-0.15, -0.1) is 0 Å². The quantitative estimate of drug-likeness (QED) is 0.229. The second kappa shape index (κ2) is 7.55. The van der Waals surface area contributed by atoms with Crippen LogP contribution in [0.5, 0.6) is 0 Å². The average molecular weight is 487 g/mol. The molecule has 0 bridgehead atoms. The Labute approximate surface area is 214 Å². The summed E-state index contributed by atoms with van der Waals surface area (Å²) in [5.41, 5.74) is 3.27. The summed E-state index contributed by atoms with van der Waals surface area (Å²) in [4.78, 5) is 11.8. The van der Waals surface area contributed by atoms with Crippen LogP contribution in [-0.2, 0) is 9.53 Å². The highest BCUT2D eigenvalue weighted by atomic mass is 32.1. The van der Waals surface area contributed by atoms with E-state index in [2.05, 4.69) is 54.5 Å². The van der Waals surface area contributed by atoms with Crippen molar-refractivity contribution >= 4 is 18.6 Å². The number of fused-ring (bicyclic) bond motifs is 7. The molecule has 0 spiro atoms. The van der Waals surface area contributed by atoms with Crippen molar-refractivity contribution in [1.82, 2.24) is 0 Å². The molecule has 0 aromatic rings. The normalized spacial score (nSPS) is 54.0. The van der Waals surface area contributed by atoms with Crippen molar-refractivity contribution in [2.45, 2.75) is 130 Å².